The highest BCUT2D eigenvalue weighted by Gasteiger charge is 2.45. The molecule has 1 saturated heterocycles. The number of aliphatic hydroxyl groups is 2. The summed E-state index contributed by atoms with van der Waals surface area (Å²) in [5.74, 6) is 0.513. The third kappa shape index (κ3) is 2.16. The molecule has 4 N–H and O–H groups in total. The topological polar surface area (TPSA) is 123 Å². The van der Waals surface area contributed by atoms with Gasteiger partial charge in [0.15, 0.2) is 29.4 Å². The van der Waals surface area contributed by atoms with Gasteiger partial charge < -0.3 is 25.6 Å². The third-order valence-electron chi connectivity index (χ3n) is 3.59. The number of hydrogen-bond acceptors (Lipinski definition) is 8. The van der Waals surface area contributed by atoms with Crippen molar-refractivity contribution in [3.05, 3.63) is 6.33 Å². The molecule has 3 rings (SSSR count). The standard InChI is InChI=1S/C12H17FN6O3/c1-18(2)9-7-10(17-12(14)16-9)19(4-15-7)11-6(13)8(21)5(3-20)22-11/h4-6,8,11,20-21H,3H2,1-2H3,(H2,14,16,17)/t5?,6-,8-,11?/m1/s1. The Hall–Kier alpha value is -2.04. The van der Waals surface area contributed by atoms with Gasteiger partial charge in [0.25, 0.3) is 0 Å². The van der Waals surface area contributed by atoms with Crippen LogP contribution in [0.5, 0.6) is 0 Å². The molecule has 120 valence electrons. The molecule has 22 heavy (non-hydrogen) atoms. The molecule has 1 fully saturated rings. The minimum Gasteiger partial charge on any atom is -0.394 e. The van der Waals surface area contributed by atoms with E-state index in [4.69, 9.17) is 15.6 Å². The van der Waals surface area contributed by atoms with E-state index in [0.717, 1.165) is 0 Å². The lowest BCUT2D eigenvalue weighted by Gasteiger charge is -2.16. The van der Waals surface area contributed by atoms with Crippen molar-refractivity contribution in [2.45, 2.75) is 24.6 Å². The van der Waals surface area contributed by atoms with E-state index in [-0.39, 0.29) is 5.95 Å². The van der Waals surface area contributed by atoms with Crippen molar-refractivity contribution < 1.29 is 19.3 Å². The average molecular weight is 312 g/mol. The second-order valence-electron chi connectivity index (χ2n) is 5.31. The smallest absolute Gasteiger partial charge is 0.224 e. The van der Waals surface area contributed by atoms with E-state index in [2.05, 4.69) is 15.0 Å². The van der Waals surface area contributed by atoms with Crippen LogP contribution in [-0.2, 0) is 4.74 Å². The molecule has 1 aliphatic rings. The molecule has 2 aromatic heterocycles. The van der Waals surface area contributed by atoms with Gasteiger partial charge in [-0.1, -0.05) is 0 Å². The molecule has 0 bridgehead atoms. The molecular formula is C12H17FN6O3. The molecule has 0 radical (unpaired) electrons. The first kappa shape index (κ1) is 14.9. The second-order valence-corrected chi connectivity index (χ2v) is 5.31. The number of rotatable bonds is 3. The molecule has 0 spiro atoms. The predicted molar refractivity (Wildman–Crippen MR) is 76.0 cm³/mol. The fourth-order valence-electron chi connectivity index (χ4n) is 2.49. The number of fused-ring (bicyclic) bond motifs is 1. The second kappa shape index (κ2) is 5.30. The fraction of sp³-hybridized carbons (Fsp3) is 0.583. The lowest BCUT2D eigenvalue weighted by atomic mass is 10.1. The Labute approximate surface area is 125 Å². The predicted octanol–water partition coefficient (Wildman–Crippen LogP) is -0.937. The maximum absolute atomic E-state index is 14.2. The van der Waals surface area contributed by atoms with Gasteiger partial charge in [0.2, 0.25) is 5.95 Å². The van der Waals surface area contributed by atoms with Gasteiger partial charge in [0, 0.05) is 14.1 Å². The summed E-state index contributed by atoms with van der Waals surface area (Å²) in [6.45, 7) is -0.481. The minimum atomic E-state index is -1.71. The van der Waals surface area contributed by atoms with Crippen molar-refractivity contribution in [3.63, 3.8) is 0 Å². The first-order valence-corrected chi connectivity index (χ1v) is 6.70. The number of nitrogens with zero attached hydrogens (tertiary/aromatic N) is 5. The first-order chi connectivity index (χ1) is 10.4. The zero-order valence-electron chi connectivity index (χ0n) is 12.1. The number of halogens is 1. The van der Waals surface area contributed by atoms with Crippen molar-refractivity contribution >= 4 is 22.9 Å². The number of ether oxygens (including phenoxy) is 1. The summed E-state index contributed by atoms with van der Waals surface area (Å²) in [5, 5.41) is 18.9. The van der Waals surface area contributed by atoms with Crippen LogP contribution in [0.3, 0.4) is 0 Å². The van der Waals surface area contributed by atoms with E-state index in [1.165, 1.54) is 10.9 Å². The highest BCUT2D eigenvalue weighted by molar-refractivity contribution is 5.84. The van der Waals surface area contributed by atoms with E-state index < -0.39 is 31.2 Å². The van der Waals surface area contributed by atoms with E-state index in [1.807, 2.05) is 0 Å². The third-order valence-corrected chi connectivity index (χ3v) is 3.59. The van der Waals surface area contributed by atoms with Crippen LogP contribution in [0.2, 0.25) is 0 Å². The molecule has 0 amide bonds. The number of aromatic nitrogens is 4. The van der Waals surface area contributed by atoms with Gasteiger partial charge >= 0.3 is 0 Å². The SMILES string of the molecule is CN(C)c1nc(N)nc2c1ncn2C1OC(CO)[C@@H](O)[C@H]1F. The maximum atomic E-state index is 14.2. The summed E-state index contributed by atoms with van der Waals surface area (Å²) >= 11 is 0. The zero-order valence-corrected chi connectivity index (χ0v) is 12.1. The number of imidazole rings is 1. The Balaban J connectivity index is 2.09. The highest BCUT2D eigenvalue weighted by atomic mass is 19.1. The molecule has 3 heterocycles. The molecule has 4 atom stereocenters. The lowest BCUT2D eigenvalue weighted by molar-refractivity contribution is -0.0459. The number of nitrogen functional groups attached to an aromatic ring is 1. The van der Waals surface area contributed by atoms with Crippen molar-refractivity contribution in [3.8, 4) is 0 Å². The molecule has 0 aliphatic carbocycles. The number of aliphatic hydroxyl groups excluding tert-OH is 2. The Morgan fingerprint density at radius 3 is 2.77 bits per heavy atom. The van der Waals surface area contributed by atoms with Crippen LogP contribution in [-0.4, -0.2) is 68.8 Å². The molecule has 10 heteroatoms. The number of alkyl halides is 1. The lowest BCUT2D eigenvalue weighted by Crippen LogP contribution is -2.30. The van der Waals surface area contributed by atoms with Gasteiger partial charge in [-0.3, -0.25) is 4.57 Å². The summed E-state index contributed by atoms with van der Waals surface area (Å²) < 4.78 is 21.0. The maximum Gasteiger partial charge on any atom is 0.224 e. The fourth-order valence-corrected chi connectivity index (χ4v) is 2.49. The van der Waals surface area contributed by atoms with Gasteiger partial charge in [-0.05, 0) is 0 Å². The Morgan fingerprint density at radius 1 is 1.45 bits per heavy atom. The first-order valence-electron chi connectivity index (χ1n) is 6.70. The summed E-state index contributed by atoms with van der Waals surface area (Å²) in [6.07, 6.45) is -3.91. The van der Waals surface area contributed by atoms with E-state index in [1.54, 1.807) is 19.0 Å². The number of anilines is 2. The van der Waals surface area contributed by atoms with Gasteiger partial charge in [-0.25, -0.2) is 9.37 Å². The molecule has 0 saturated carbocycles. The van der Waals surface area contributed by atoms with Crippen molar-refractivity contribution in [1.82, 2.24) is 19.5 Å². The van der Waals surface area contributed by atoms with Gasteiger partial charge in [-0.15, -0.1) is 0 Å². The molecule has 2 aromatic rings. The van der Waals surface area contributed by atoms with Crippen LogP contribution in [0.15, 0.2) is 6.33 Å². The number of hydrogen-bond donors (Lipinski definition) is 3. The van der Waals surface area contributed by atoms with Gasteiger partial charge in [-0.2, -0.15) is 9.97 Å². The van der Waals surface area contributed by atoms with E-state index >= 15 is 0 Å². The summed E-state index contributed by atoms with van der Waals surface area (Å²) in [7, 11) is 3.55. The van der Waals surface area contributed by atoms with Crippen LogP contribution >= 0.6 is 0 Å². The molecule has 2 unspecified atom stereocenters. The summed E-state index contributed by atoms with van der Waals surface area (Å²) in [6, 6.07) is 0. The van der Waals surface area contributed by atoms with Crippen LogP contribution in [0, 0.1) is 0 Å². The molecular weight excluding hydrogens is 295 g/mol. The van der Waals surface area contributed by atoms with Crippen LogP contribution < -0.4 is 10.6 Å². The van der Waals surface area contributed by atoms with Crippen LogP contribution in [0.1, 0.15) is 6.23 Å². The van der Waals surface area contributed by atoms with Crippen LogP contribution in [0.25, 0.3) is 11.2 Å². The van der Waals surface area contributed by atoms with Crippen molar-refractivity contribution in [1.29, 1.82) is 0 Å². The van der Waals surface area contributed by atoms with E-state index in [9.17, 15) is 9.50 Å². The van der Waals surface area contributed by atoms with Gasteiger partial charge in [0.1, 0.15) is 12.2 Å². The highest BCUT2D eigenvalue weighted by Crippen LogP contribution is 2.34. The molecule has 9 nitrogen and oxygen atoms in total. The van der Waals surface area contributed by atoms with Crippen molar-refractivity contribution in [2.75, 3.05) is 31.3 Å². The zero-order chi connectivity index (χ0) is 16.0. The Kier molecular flexibility index (Phi) is 3.59. The molecule has 0 aromatic carbocycles. The Morgan fingerprint density at radius 2 is 2.18 bits per heavy atom. The van der Waals surface area contributed by atoms with E-state index in [0.29, 0.717) is 17.0 Å². The quantitative estimate of drug-likeness (QED) is 0.664. The largest absolute Gasteiger partial charge is 0.394 e. The normalized spacial score (nSPS) is 28.4. The Bertz CT molecular complexity index is 693. The minimum absolute atomic E-state index is 0.0191. The van der Waals surface area contributed by atoms with Gasteiger partial charge in [0.05, 0.1) is 12.9 Å². The average Bonchev–Trinajstić information content (AvgIpc) is 3.00. The number of nitrogens with two attached hydrogens (primary N) is 1. The molecule has 1 aliphatic heterocycles. The summed E-state index contributed by atoms with van der Waals surface area (Å²) in [4.78, 5) is 14.1. The monoisotopic (exact) mass is 312 g/mol. The summed E-state index contributed by atoms with van der Waals surface area (Å²) in [5.41, 5.74) is 6.43. The van der Waals surface area contributed by atoms with Crippen LogP contribution in [0.4, 0.5) is 16.2 Å². The van der Waals surface area contributed by atoms with Crippen molar-refractivity contribution in [2.24, 2.45) is 0 Å².